The summed E-state index contributed by atoms with van der Waals surface area (Å²) >= 11 is 0. The average Bonchev–Trinajstić information content (AvgIpc) is 2.08. The van der Waals surface area contributed by atoms with Crippen molar-refractivity contribution in [3.8, 4) is 0 Å². The lowest BCUT2D eigenvalue weighted by Crippen LogP contribution is -1.93. The molecular weight excluding hydrogens is 173 g/mol. The molecule has 3 nitrogen and oxygen atoms in total. The molecule has 0 radical (unpaired) electrons. The Bertz CT molecular complexity index is 336. The van der Waals surface area contributed by atoms with E-state index < -0.39 is 11.8 Å². The molecule has 0 atom stereocenters. The van der Waals surface area contributed by atoms with Crippen molar-refractivity contribution in [3.63, 3.8) is 0 Å². The zero-order valence-electron chi connectivity index (χ0n) is 7.03. The summed E-state index contributed by atoms with van der Waals surface area (Å²) in [6.07, 6.45) is 1.15. The molecule has 0 amide bonds. The predicted octanol–water partition coefficient (Wildman–Crippen LogP) is 1.72. The molecule has 0 unspecified atom stereocenters. The molecule has 0 saturated heterocycles. The number of carbonyl (C=O) groups excluding carboxylic acids is 1. The SMILES string of the molecule is CC(=O)O/N=C/c1ccccc1F. The summed E-state index contributed by atoms with van der Waals surface area (Å²) in [6, 6.07) is 6.06. The highest BCUT2D eigenvalue weighted by atomic mass is 19.1. The van der Waals surface area contributed by atoms with Crippen LogP contribution >= 0.6 is 0 Å². The number of nitrogens with zero attached hydrogens (tertiary/aromatic N) is 1. The second-order valence-electron chi connectivity index (χ2n) is 2.34. The van der Waals surface area contributed by atoms with Gasteiger partial charge in [0, 0.05) is 12.5 Å². The summed E-state index contributed by atoms with van der Waals surface area (Å²) in [4.78, 5) is 14.6. The first-order chi connectivity index (χ1) is 6.20. The van der Waals surface area contributed by atoms with Gasteiger partial charge in [0.2, 0.25) is 0 Å². The second-order valence-corrected chi connectivity index (χ2v) is 2.34. The quantitative estimate of drug-likeness (QED) is 0.396. The Morgan fingerprint density at radius 3 is 2.85 bits per heavy atom. The molecule has 1 rings (SSSR count). The van der Waals surface area contributed by atoms with Crippen LogP contribution in [0.15, 0.2) is 29.4 Å². The topological polar surface area (TPSA) is 38.7 Å². The van der Waals surface area contributed by atoms with Crippen LogP contribution in [0.3, 0.4) is 0 Å². The van der Waals surface area contributed by atoms with Gasteiger partial charge in [-0.1, -0.05) is 23.4 Å². The minimum absolute atomic E-state index is 0.281. The Hall–Kier alpha value is -1.71. The van der Waals surface area contributed by atoms with Crippen LogP contribution in [0.25, 0.3) is 0 Å². The first-order valence-electron chi connectivity index (χ1n) is 3.65. The van der Waals surface area contributed by atoms with Gasteiger partial charge in [-0.05, 0) is 6.07 Å². The molecule has 0 bridgehead atoms. The van der Waals surface area contributed by atoms with Gasteiger partial charge in [0.15, 0.2) is 0 Å². The van der Waals surface area contributed by atoms with Crippen molar-refractivity contribution in [2.45, 2.75) is 6.92 Å². The van der Waals surface area contributed by atoms with Gasteiger partial charge >= 0.3 is 5.97 Å². The fourth-order valence-electron chi connectivity index (χ4n) is 0.737. The minimum Gasteiger partial charge on any atom is -0.319 e. The maximum absolute atomic E-state index is 12.9. The van der Waals surface area contributed by atoms with E-state index in [4.69, 9.17) is 0 Å². The van der Waals surface area contributed by atoms with Crippen molar-refractivity contribution < 1.29 is 14.0 Å². The molecule has 13 heavy (non-hydrogen) atoms. The minimum atomic E-state index is -0.535. The zero-order chi connectivity index (χ0) is 9.68. The highest BCUT2D eigenvalue weighted by Gasteiger charge is 1.96. The van der Waals surface area contributed by atoms with Crippen LogP contribution in [-0.2, 0) is 9.63 Å². The molecule has 4 heteroatoms. The molecular formula is C9H8FNO2. The molecule has 0 aliphatic carbocycles. The molecule has 0 aliphatic heterocycles. The number of hydrogen-bond donors (Lipinski definition) is 0. The summed E-state index contributed by atoms with van der Waals surface area (Å²) in [5, 5.41) is 3.29. The van der Waals surface area contributed by atoms with Gasteiger partial charge in [0.25, 0.3) is 0 Å². The van der Waals surface area contributed by atoms with Crippen molar-refractivity contribution in [1.82, 2.24) is 0 Å². The lowest BCUT2D eigenvalue weighted by atomic mass is 10.2. The van der Waals surface area contributed by atoms with E-state index >= 15 is 0 Å². The van der Waals surface area contributed by atoms with Gasteiger partial charge < -0.3 is 4.84 Å². The molecule has 1 aromatic carbocycles. The molecule has 0 saturated carbocycles. The Labute approximate surface area is 74.8 Å². The van der Waals surface area contributed by atoms with E-state index in [0.717, 1.165) is 6.21 Å². The van der Waals surface area contributed by atoms with E-state index in [1.165, 1.54) is 19.1 Å². The van der Waals surface area contributed by atoms with Crippen LogP contribution in [-0.4, -0.2) is 12.2 Å². The third-order valence-electron chi connectivity index (χ3n) is 1.28. The van der Waals surface area contributed by atoms with E-state index in [0.29, 0.717) is 0 Å². The summed E-state index contributed by atoms with van der Waals surface area (Å²) in [5.41, 5.74) is 0.281. The Morgan fingerprint density at radius 2 is 2.23 bits per heavy atom. The summed E-state index contributed by atoms with van der Waals surface area (Å²) in [5.74, 6) is -0.939. The normalized spacial score (nSPS) is 10.3. The van der Waals surface area contributed by atoms with Crippen LogP contribution in [0.1, 0.15) is 12.5 Å². The molecule has 0 aliphatic rings. The largest absolute Gasteiger partial charge is 0.331 e. The van der Waals surface area contributed by atoms with Crippen molar-refractivity contribution >= 4 is 12.2 Å². The monoisotopic (exact) mass is 181 g/mol. The number of halogens is 1. The lowest BCUT2D eigenvalue weighted by molar-refractivity contribution is -0.140. The Kier molecular flexibility index (Phi) is 3.14. The number of carbonyl (C=O) groups is 1. The average molecular weight is 181 g/mol. The molecule has 0 spiro atoms. The molecule has 0 heterocycles. The maximum atomic E-state index is 12.9. The third-order valence-corrected chi connectivity index (χ3v) is 1.28. The van der Waals surface area contributed by atoms with Gasteiger partial charge in [0.1, 0.15) is 5.82 Å². The second kappa shape index (κ2) is 4.35. The number of oxime groups is 1. The molecule has 68 valence electrons. The zero-order valence-corrected chi connectivity index (χ0v) is 7.03. The van der Waals surface area contributed by atoms with Crippen LogP contribution in [0.2, 0.25) is 0 Å². The first kappa shape index (κ1) is 9.38. The highest BCUT2D eigenvalue weighted by molar-refractivity contribution is 5.80. The number of rotatable bonds is 2. The number of hydrogen-bond acceptors (Lipinski definition) is 3. The van der Waals surface area contributed by atoms with Gasteiger partial charge in [-0.15, -0.1) is 0 Å². The first-order valence-corrected chi connectivity index (χ1v) is 3.65. The van der Waals surface area contributed by atoms with E-state index in [-0.39, 0.29) is 5.56 Å². The smallest absolute Gasteiger partial charge is 0.319 e. The van der Waals surface area contributed by atoms with E-state index in [2.05, 4.69) is 9.99 Å². The summed E-state index contributed by atoms with van der Waals surface area (Å²) in [7, 11) is 0. The standard InChI is InChI=1S/C9H8FNO2/c1-7(12)13-11-6-8-4-2-3-5-9(8)10/h2-6H,1H3/b11-6+. The summed E-state index contributed by atoms with van der Waals surface area (Å²) in [6.45, 7) is 1.22. The summed E-state index contributed by atoms with van der Waals surface area (Å²) < 4.78 is 12.9. The molecule has 1 aromatic rings. The van der Waals surface area contributed by atoms with Crippen LogP contribution in [0.4, 0.5) is 4.39 Å². The molecule has 0 N–H and O–H groups in total. The predicted molar refractivity (Wildman–Crippen MR) is 45.8 cm³/mol. The van der Waals surface area contributed by atoms with Gasteiger partial charge in [-0.25, -0.2) is 9.18 Å². The fourth-order valence-corrected chi connectivity index (χ4v) is 0.737. The van der Waals surface area contributed by atoms with Gasteiger partial charge in [-0.3, -0.25) is 0 Å². The van der Waals surface area contributed by atoms with E-state index in [1.807, 2.05) is 0 Å². The maximum Gasteiger partial charge on any atom is 0.331 e. The Balaban J connectivity index is 2.68. The third kappa shape index (κ3) is 3.02. The molecule has 0 fully saturated rings. The van der Waals surface area contributed by atoms with E-state index in [9.17, 15) is 9.18 Å². The van der Waals surface area contributed by atoms with Crippen molar-refractivity contribution in [2.75, 3.05) is 0 Å². The molecule has 0 aromatic heterocycles. The van der Waals surface area contributed by atoms with Crippen LogP contribution in [0, 0.1) is 5.82 Å². The van der Waals surface area contributed by atoms with E-state index in [1.54, 1.807) is 12.1 Å². The van der Waals surface area contributed by atoms with Gasteiger partial charge in [-0.2, -0.15) is 0 Å². The van der Waals surface area contributed by atoms with Crippen molar-refractivity contribution in [3.05, 3.63) is 35.6 Å². The van der Waals surface area contributed by atoms with Gasteiger partial charge in [0.05, 0.1) is 6.21 Å². The van der Waals surface area contributed by atoms with Crippen LogP contribution in [0.5, 0.6) is 0 Å². The van der Waals surface area contributed by atoms with Crippen molar-refractivity contribution in [2.24, 2.45) is 5.16 Å². The fraction of sp³-hybridized carbons (Fsp3) is 0.111. The lowest BCUT2D eigenvalue weighted by Gasteiger charge is -1.93. The Morgan fingerprint density at radius 1 is 1.54 bits per heavy atom. The number of benzene rings is 1. The van der Waals surface area contributed by atoms with Crippen LogP contribution < -0.4 is 0 Å². The highest BCUT2D eigenvalue weighted by Crippen LogP contribution is 2.02. The van der Waals surface area contributed by atoms with Crippen molar-refractivity contribution in [1.29, 1.82) is 0 Å².